The van der Waals surface area contributed by atoms with E-state index in [9.17, 15) is 13.2 Å². The maximum absolute atomic E-state index is 12.4. The molecule has 0 heterocycles. The van der Waals surface area contributed by atoms with Gasteiger partial charge in [0.15, 0.2) is 0 Å². The first-order chi connectivity index (χ1) is 10.6. The van der Waals surface area contributed by atoms with Gasteiger partial charge in [0, 0.05) is 25.7 Å². The summed E-state index contributed by atoms with van der Waals surface area (Å²) in [6.07, 6.45) is 0. The minimum Gasteiger partial charge on any atom is -0.341 e. The van der Waals surface area contributed by atoms with E-state index in [0.717, 1.165) is 5.56 Å². The second-order valence-corrected chi connectivity index (χ2v) is 8.55. The van der Waals surface area contributed by atoms with Gasteiger partial charge in [-0.1, -0.05) is 26.0 Å². The molecule has 7 heteroatoms. The standard InChI is InChI=1S/C16H27N3O3S/c1-5-23(21,22)18-10-13-6-8-14(9-7-13)15(20)19(4)12-16(2,3)11-17/h6-9,18H,5,10-12,17H2,1-4H3. The lowest BCUT2D eigenvalue weighted by molar-refractivity contribution is 0.0740. The molecule has 23 heavy (non-hydrogen) atoms. The molecule has 0 aliphatic rings. The van der Waals surface area contributed by atoms with Gasteiger partial charge in [-0.15, -0.1) is 0 Å². The lowest BCUT2D eigenvalue weighted by atomic mass is 9.93. The maximum Gasteiger partial charge on any atom is 0.253 e. The Bertz CT molecular complexity index is 624. The molecule has 3 N–H and O–H groups in total. The van der Waals surface area contributed by atoms with Gasteiger partial charge in [-0.05, 0) is 36.6 Å². The number of benzene rings is 1. The van der Waals surface area contributed by atoms with Crippen LogP contribution in [0.4, 0.5) is 0 Å². The van der Waals surface area contributed by atoms with Gasteiger partial charge < -0.3 is 10.6 Å². The van der Waals surface area contributed by atoms with Crippen LogP contribution in [0.3, 0.4) is 0 Å². The average molecular weight is 341 g/mol. The normalized spacial score (nSPS) is 12.2. The number of nitrogens with one attached hydrogen (secondary N) is 1. The SMILES string of the molecule is CCS(=O)(=O)NCc1ccc(C(=O)N(C)CC(C)(C)CN)cc1. The summed E-state index contributed by atoms with van der Waals surface area (Å²) in [6, 6.07) is 6.94. The first kappa shape index (κ1) is 19.6. The van der Waals surface area contributed by atoms with Crippen LogP contribution in [0.2, 0.25) is 0 Å². The maximum atomic E-state index is 12.4. The Labute approximate surface area is 139 Å². The minimum absolute atomic E-state index is 0.0469. The smallest absolute Gasteiger partial charge is 0.253 e. The van der Waals surface area contributed by atoms with E-state index in [1.165, 1.54) is 0 Å². The van der Waals surface area contributed by atoms with Crippen LogP contribution in [0.1, 0.15) is 36.7 Å². The van der Waals surface area contributed by atoms with Crippen LogP contribution in [0.15, 0.2) is 24.3 Å². The van der Waals surface area contributed by atoms with E-state index in [4.69, 9.17) is 5.73 Å². The number of nitrogens with zero attached hydrogens (tertiary/aromatic N) is 1. The number of carbonyl (C=O) groups excluding carboxylic acids is 1. The van der Waals surface area contributed by atoms with Gasteiger partial charge >= 0.3 is 0 Å². The third-order valence-corrected chi connectivity index (χ3v) is 4.99. The largest absolute Gasteiger partial charge is 0.341 e. The molecule has 0 saturated carbocycles. The van der Waals surface area contributed by atoms with Crippen LogP contribution in [-0.4, -0.2) is 45.1 Å². The molecule has 0 bridgehead atoms. The fourth-order valence-corrected chi connectivity index (χ4v) is 2.65. The molecule has 0 atom stereocenters. The number of carbonyl (C=O) groups is 1. The second kappa shape index (κ2) is 7.90. The summed E-state index contributed by atoms with van der Waals surface area (Å²) in [4.78, 5) is 14.0. The van der Waals surface area contributed by atoms with Crippen LogP contribution < -0.4 is 10.5 Å². The van der Waals surface area contributed by atoms with Crippen molar-refractivity contribution < 1.29 is 13.2 Å². The van der Waals surface area contributed by atoms with Crippen molar-refractivity contribution >= 4 is 15.9 Å². The molecule has 0 radical (unpaired) electrons. The zero-order chi connectivity index (χ0) is 17.7. The van der Waals surface area contributed by atoms with Crippen LogP contribution in [0, 0.1) is 5.41 Å². The Balaban J connectivity index is 2.71. The summed E-state index contributed by atoms with van der Waals surface area (Å²) < 4.78 is 25.3. The number of sulfonamides is 1. The Hall–Kier alpha value is -1.44. The fraction of sp³-hybridized carbons (Fsp3) is 0.562. The highest BCUT2D eigenvalue weighted by atomic mass is 32.2. The van der Waals surface area contributed by atoms with Gasteiger partial charge in [0.05, 0.1) is 5.75 Å². The predicted octanol–water partition coefficient (Wildman–Crippen LogP) is 1.18. The van der Waals surface area contributed by atoms with Gasteiger partial charge in [-0.25, -0.2) is 13.1 Å². The van der Waals surface area contributed by atoms with Crippen LogP contribution in [0.5, 0.6) is 0 Å². The van der Waals surface area contributed by atoms with Crippen LogP contribution >= 0.6 is 0 Å². The Morgan fingerprint density at radius 3 is 2.30 bits per heavy atom. The molecular weight excluding hydrogens is 314 g/mol. The molecule has 0 aromatic heterocycles. The van der Waals surface area contributed by atoms with Gasteiger partial charge in [-0.3, -0.25) is 4.79 Å². The zero-order valence-corrected chi connectivity index (χ0v) is 15.1. The van der Waals surface area contributed by atoms with Crippen molar-refractivity contribution in [1.82, 2.24) is 9.62 Å². The summed E-state index contributed by atoms with van der Waals surface area (Å²) in [5.74, 6) is -0.0297. The van der Waals surface area contributed by atoms with Gasteiger partial charge in [0.2, 0.25) is 10.0 Å². The molecule has 1 amide bonds. The highest BCUT2D eigenvalue weighted by Gasteiger charge is 2.21. The monoisotopic (exact) mass is 341 g/mol. The topological polar surface area (TPSA) is 92.5 Å². The lowest BCUT2D eigenvalue weighted by Gasteiger charge is -2.29. The van der Waals surface area contributed by atoms with Crippen molar-refractivity contribution in [3.8, 4) is 0 Å². The van der Waals surface area contributed by atoms with Crippen molar-refractivity contribution in [2.45, 2.75) is 27.3 Å². The summed E-state index contributed by atoms with van der Waals surface area (Å²) in [5.41, 5.74) is 6.94. The van der Waals surface area contributed by atoms with Gasteiger partial charge in [0.1, 0.15) is 0 Å². The molecule has 0 spiro atoms. The highest BCUT2D eigenvalue weighted by molar-refractivity contribution is 7.89. The highest BCUT2D eigenvalue weighted by Crippen LogP contribution is 2.16. The molecular formula is C16H27N3O3S. The molecule has 1 rings (SSSR count). The van der Waals surface area contributed by atoms with Crippen LogP contribution in [0.25, 0.3) is 0 Å². The summed E-state index contributed by atoms with van der Waals surface area (Å²) >= 11 is 0. The Morgan fingerprint density at radius 2 is 1.83 bits per heavy atom. The summed E-state index contributed by atoms with van der Waals surface area (Å²) in [5, 5.41) is 0. The predicted molar refractivity (Wildman–Crippen MR) is 92.5 cm³/mol. The van der Waals surface area contributed by atoms with Crippen molar-refractivity contribution in [3.05, 3.63) is 35.4 Å². The summed E-state index contributed by atoms with van der Waals surface area (Å²) in [6.45, 7) is 6.91. The molecule has 0 aliphatic carbocycles. The number of hydrogen-bond donors (Lipinski definition) is 2. The van der Waals surface area contributed by atoms with Crippen LogP contribution in [-0.2, 0) is 16.6 Å². The van der Waals surface area contributed by atoms with E-state index < -0.39 is 10.0 Å². The molecule has 1 aromatic carbocycles. The minimum atomic E-state index is -3.22. The molecule has 0 aliphatic heterocycles. The molecule has 130 valence electrons. The first-order valence-electron chi connectivity index (χ1n) is 7.62. The fourth-order valence-electron chi connectivity index (χ4n) is 2.06. The Kier molecular flexibility index (Phi) is 6.73. The van der Waals surface area contributed by atoms with E-state index in [-0.39, 0.29) is 23.6 Å². The van der Waals surface area contributed by atoms with E-state index in [1.54, 1.807) is 43.1 Å². The van der Waals surface area contributed by atoms with Gasteiger partial charge in [0.25, 0.3) is 5.91 Å². The van der Waals surface area contributed by atoms with E-state index in [2.05, 4.69) is 4.72 Å². The third-order valence-electron chi connectivity index (χ3n) is 3.64. The van der Waals surface area contributed by atoms with Crippen molar-refractivity contribution in [3.63, 3.8) is 0 Å². The number of nitrogens with two attached hydrogens (primary N) is 1. The first-order valence-corrected chi connectivity index (χ1v) is 9.27. The van der Waals surface area contributed by atoms with Crippen molar-refractivity contribution in [2.24, 2.45) is 11.1 Å². The lowest BCUT2D eigenvalue weighted by Crippen LogP contribution is -2.39. The van der Waals surface area contributed by atoms with Crippen molar-refractivity contribution in [2.75, 3.05) is 25.9 Å². The molecule has 0 unspecified atom stereocenters. The average Bonchev–Trinajstić information content (AvgIpc) is 2.52. The molecule has 1 aromatic rings. The number of rotatable bonds is 8. The third kappa shape index (κ3) is 6.29. The summed E-state index contributed by atoms with van der Waals surface area (Å²) in [7, 11) is -1.46. The number of hydrogen-bond acceptors (Lipinski definition) is 4. The molecule has 0 fully saturated rings. The van der Waals surface area contributed by atoms with E-state index in [1.807, 2.05) is 13.8 Å². The van der Waals surface area contributed by atoms with E-state index in [0.29, 0.717) is 18.7 Å². The van der Waals surface area contributed by atoms with Crippen molar-refractivity contribution in [1.29, 1.82) is 0 Å². The molecule has 6 nitrogen and oxygen atoms in total. The quantitative estimate of drug-likeness (QED) is 0.743. The second-order valence-electron chi connectivity index (χ2n) is 6.45. The number of amides is 1. The van der Waals surface area contributed by atoms with Gasteiger partial charge in [-0.2, -0.15) is 0 Å². The Morgan fingerprint density at radius 1 is 1.26 bits per heavy atom. The van der Waals surface area contributed by atoms with E-state index >= 15 is 0 Å². The zero-order valence-electron chi connectivity index (χ0n) is 14.3. The molecule has 0 saturated heterocycles.